The highest BCUT2D eigenvalue weighted by molar-refractivity contribution is 8.76. The zero-order chi connectivity index (χ0) is 35.6. The van der Waals surface area contributed by atoms with Gasteiger partial charge in [0.15, 0.2) is 0 Å². The summed E-state index contributed by atoms with van der Waals surface area (Å²) in [7, 11) is 5.90. The Bertz CT molecular complexity index is 751. The number of rotatable bonds is 40. The van der Waals surface area contributed by atoms with Crippen molar-refractivity contribution in [3.63, 3.8) is 0 Å². The Kier molecular flexibility index (Phi) is 43.3. The molecule has 0 rings (SSSR count). The minimum atomic E-state index is 0.211. The van der Waals surface area contributed by atoms with Gasteiger partial charge in [-0.25, -0.2) is 0 Å². The lowest BCUT2D eigenvalue weighted by Crippen LogP contribution is -2.23. The maximum atomic E-state index is 6.32. The molecule has 1 atom stereocenters. The summed E-state index contributed by atoms with van der Waals surface area (Å²) >= 11 is 0. The van der Waals surface area contributed by atoms with Gasteiger partial charge in [0.25, 0.3) is 0 Å². The van der Waals surface area contributed by atoms with Crippen molar-refractivity contribution in [2.24, 2.45) is 0 Å². The smallest absolute Gasteiger partial charge is 0.0906 e. The third-order valence-corrected chi connectivity index (χ3v) is 11.3. The zero-order valence-electron chi connectivity index (χ0n) is 33.2. The van der Waals surface area contributed by atoms with E-state index in [1.54, 1.807) is 5.57 Å². The summed E-state index contributed by atoms with van der Waals surface area (Å²) < 4.78 is 12.4. The van der Waals surface area contributed by atoms with Gasteiger partial charge in [-0.05, 0) is 97.4 Å². The highest BCUT2D eigenvalue weighted by Crippen LogP contribution is 2.23. The number of unbranched alkanes of at least 4 members (excludes halogenated alkanes) is 18. The van der Waals surface area contributed by atoms with Crippen LogP contribution in [0.1, 0.15) is 181 Å². The summed E-state index contributed by atoms with van der Waals surface area (Å²) in [5, 5.41) is 3.23. The highest BCUT2D eigenvalue weighted by atomic mass is 33.1. The fourth-order valence-electron chi connectivity index (χ4n) is 5.60. The molecule has 1 unspecified atom stereocenters. The molecule has 0 aliphatic heterocycles. The summed E-state index contributed by atoms with van der Waals surface area (Å²) in [5.41, 5.74) is 1.56. The fraction of sp³-hybridized carbons (Fsp3) is 0.818. The van der Waals surface area contributed by atoms with Crippen LogP contribution in [0.2, 0.25) is 0 Å². The van der Waals surface area contributed by atoms with Crippen LogP contribution in [0, 0.1) is 0 Å². The summed E-state index contributed by atoms with van der Waals surface area (Å²) in [4.78, 5) is 0. The van der Waals surface area contributed by atoms with Crippen LogP contribution in [0.25, 0.3) is 0 Å². The lowest BCUT2D eigenvalue weighted by molar-refractivity contribution is -0.00609. The fourth-order valence-corrected chi connectivity index (χ4v) is 7.79. The largest absolute Gasteiger partial charge is 0.379 e. The number of allylic oxidation sites excluding steroid dienone is 8. The molecule has 288 valence electrons. The minimum absolute atomic E-state index is 0.211. The first-order valence-electron chi connectivity index (χ1n) is 20.9. The third kappa shape index (κ3) is 41.8. The summed E-state index contributed by atoms with van der Waals surface area (Å²) in [5.74, 6) is 2.15. The average Bonchev–Trinajstić information content (AvgIpc) is 3.11. The Labute approximate surface area is 315 Å². The van der Waals surface area contributed by atoms with Crippen LogP contribution < -0.4 is 5.32 Å². The monoisotopic (exact) mass is 722 g/mol. The Hall–Kier alpha value is -0.460. The van der Waals surface area contributed by atoms with E-state index in [4.69, 9.17) is 9.47 Å². The molecule has 5 heteroatoms. The molecule has 3 nitrogen and oxygen atoms in total. The van der Waals surface area contributed by atoms with Gasteiger partial charge in [-0.15, -0.1) is 0 Å². The van der Waals surface area contributed by atoms with Crippen LogP contribution in [0.3, 0.4) is 0 Å². The first-order chi connectivity index (χ1) is 24.2. The molecular weight excluding hydrogens is 639 g/mol. The van der Waals surface area contributed by atoms with E-state index in [2.05, 4.69) is 68.6 Å². The van der Waals surface area contributed by atoms with E-state index in [0.29, 0.717) is 0 Å². The minimum Gasteiger partial charge on any atom is -0.379 e. The first-order valence-corrected chi connectivity index (χ1v) is 23.4. The number of hydrogen-bond donors (Lipinski definition) is 1. The number of nitrogens with one attached hydrogen (secondary N) is 1. The van der Waals surface area contributed by atoms with E-state index < -0.39 is 0 Å². The molecule has 0 saturated heterocycles. The van der Waals surface area contributed by atoms with Crippen molar-refractivity contribution in [2.45, 2.75) is 187 Å². The van der Waals surface area contributed by atoms with Crippen LogP contribution in [-0.4, -0.2) is 51.0 Å². The topological polar surface area (TPSA) is 30.5 Å². The number of ether oxygens (including phenoxy) is 2. The Morgan fingerprint density at radius 1 is 0.592 bits per heavy atom. The highest BCUT2D eigenvalue weighted by Gasteiger charge is 2.10. The van der Waals surface area contributed by atoms with Crippen LogP contribution in [0.4, 0.5) is 0 Å². The molecule has 0 aromatic carbocycles. The van der Waals surface area contributed by atoms with E-state index in [0.717, 1.165) is 44.3 Å². The molecule has 49 heavy (non-hydrogen) atoms. The van der Waals surface area contributed by atoms with E-state index in [1.807, 2.05) is 28.6 Å². The van der Waals surface area contributed by atoms with Crippen LogP contribution in [-0.2, 0) is 9.47 Å². The normalized spacial score (nSPS) is 13.2. The van der Waals surface area contributed by atoms with E-state index in [-0.39, 0.29) is 6.10 Å². The molecule has 0 saturated carbocycles. The molecule has 1 N–H and O–H groups in total. The van der Waals surface area contributed by atoms with E-state index in [1.165, 1.54) is 154 Å². The van der Waals surface area contributed by atoms with Crippen LogP contribution >= 0.6 is 21.6 Å². The molecule has 0 bridgehead atoms. The second-order valence-corrected chi connectivity index (χ2v) is 16.5. The van der Waals surface area contributed by atoms with Crippen molar-refractivity contribution in [1.82, 2.24) is 5.32 Å². The van der Waals surface area contributed by atoms with Gasteiger partial charge in [0.1, 0.15) is 0 Å². The molecule has 0 fully saturated rings. The van der Waals surface area contributed by atoms with Gasteiger partial charge >= 0.3 is 0 Å². The Morgan fingerprint density at radius 3 is 1.76 bits per heavy atom. The molecule has 0 aliphatic carbocycles. The van der Waals surface area contributed by atoms with Crippen molar-refractivity contribution >= 4 is 21.6 Å². The van der Waals surface area contributed by atoms with Crippen molar-refractivity contribution < 1.29 is 9.47 Å². The SMILES string of the molecule is CCCCC/C=C\C/C=C(/C)CCCCCCCCOCC(CSSCCNC)OCCCCCCCC/C=C\CC/C=C\CCCCC. The zero-order valence-corrected chi connectivity index (χ0v) is 34.8. The molecule has 0 radical (unpaired) electrons. The van der Waals surface area contributed by atoms with Gasteiger partial charge < -0.3 is 14.8 Å². The first kappa shape index (κ1) is 48.5. The van der Waals surface area contributed by atoms with Gasteiger partial charge in [0, 0.05) is 31.3 Å². The lowest BCUT2D eigenvalue weighted by atomic mass is 10.1. The quantitative estimate of drug-likeness (QED) is 0.0387. The van der Waals surface area contributed by atoms with Gasteiger partial charge in [-0.3, -0.25) is 0 Å². The summed E-state index contributed by atoms with van der Waals surface area (Å²) in [6, 6.07) is 0. The maximum Gasteiger partial charge on any atom is 0.0906 e. The molecule has 0 spiro atoms. The second-order valence-electron chi connectivity index (χ2n) is 13.8. The third-order valence-electron chi connectivity index (χ3n) is 8.86. The van der Waals surface area contributed by atoms with Gasteiger partial charge in [-0.1, -0.05) is 161 Å². The predicted molar refractivity (Wildman–Crippen MR) is 227 cm³/mol. The van der Waals surface area contributed by atoms with Gasteiger partial charge in [-0.2, -0.15) is 0 Å². The van der Waals surface area contributed by atoms with Crippen molar-refractivity contribution in [3.8, 4) is 0 Å². The van der Waals surface area contributed by atoms with Crippen molar-refractivity contribution in [1.29, 1.82) is 0 Å². The van der Waals surface area contributed by atoms with Gasteiger partial charge in [0.05, 0.1) is 12.7 Å². The van der Waals surface area contributed by atoms with Gasteiger partial charge in [0.2, 0.25) is 0 Å². The summed E-state index contributed by atoms with van der Waals surface area (Å²) in [6.07, 6.45) is 49.0. The molecule has 0 amide bonds. The molecule has 0 aliphatic rings. The average molecular weight is 722 g/mol. The van der Waals surface area contributed by atoms with E-state index >= 15 is 0 Å². The molecule has 0 heterocycles. The summed E-state index contributed by atoms with van der Waals surface area (Å²) in [6.45, 7) is 10.4. The maximum absolute atomic E-state index is 6.32. The van der Waals surface area contributed by atoms with Crippen molar-refractivity contribution in [2.75, 3.05) is 44.9 Å². The number of hydrogen-bond acceptors (Lipinski definition) is 5. The second kappa shape index (κ2) is 43.7. The van der Waals surface area contributed by atoms with E-state index in [9.17, 15) is 0 Å². The Balaban J connectivity index is 3.83. The van der Waals surface area contributed by atoms with Crippen molar-refractivity contribution in [3.05, 3.63) is 48.1 Å². The van der Waals surface area contributed by atoms with Crippen LogP contribution in [0.15, 0.2) is 48.1 Å². The predicted octanol–water partition coefficient (Wildman–Crippen LogP) is 14.4. The van der Waals surface area contributed by atoms with Crippen LogP contribution in [0.5, 0.6) is 0 Å². The Morgan fingerprint density at radius 2 is 1.12 bits per heavy atom. The lowest BCUT2D eigenvalue weighted by Gasteiger charge is -2.18. The molecular formula is C44H83NO2S2. The molecule has 0 aromatic rings. The molecule has 0 aromatic heterocycles. The standard InChI is InChI=1S/C44H83NO2S2/c1-5-7-9-11-13-14-15-16-17-18-19-20-21-22-25-30-34-39-47-44(42-49-48-40-37-45-4)41-46-38-33-29-26-24-28-32-36-43(3)35-31-27-23-12-10-8-6-2/h13-14,17-18,23,27,35,44-45H,5-12,15-16,19-22,24-26,28-34,36-42H2,1-4H3/b14-13-,18-17-,27-23-,43-35-.